The van der Waals surface area contributed by atoms with Crippen LogP contribution >= 0.6 is 22.6 Å². The molecule has 8 atom stereocenters. The third kappa shape index (κ3) is 3.81. The zero-order valence-electron chi connectivity index (χ0n) is 21.1. The Morgan fingerprint density at radius 2 is 1.75 bits per heavy atom. The predicted octanol–water partition coefficient (Wildman–Crippen LogP) is 7.17. The van der Waals surface area contributed by atoms with Gasteiger partial charge in [0.2, 0.25) is 11.8 Å². The van der Waals surface area contributed by atoms with Crippen molar-refractivity contribution < 1.29 is 9.59 Å². The second-order valence-corrected chi connectivity index (χ2v) is 14.0. The normalized spacial score (nSPS) is 44.6. The van der Waals surface area contributed by atoms with Crippen LogP contribution in [0.15, 0.2) is 0 Å². The summed E-state index contributed by atoms with van der Waals surface area (Å²) < 4.78 is 1.07. The first-order chi connectivity index (χ1) is 15.1. The van der Waals surface area contributed by atoms with Crippen LogP contribution in [-0.4, -0.2) is 16.2 Å². The molecular weight excluding hydrogens is 509 g/mol. The minimum absolute atomic E-state index is 0.0371. The molecule has 1 saturated heterocycles. The number of fused-ring (bicyclic) bond motifs is 3. The van der Waals surface area contributed by atoms with Crippen molar-refractivity contribution >= 4 is 34.4 Å². The molecule has 3 aliphatic carbocycles. The number of nitrogens with one attached hydrogen (secondary N) is 1. The third-order valence-electron chi connectivity index (χ3n) is 11.2. The Balaban J connectivity index is 1.56. The lowest BCUT2D eigenvalue weighted by Crippen LogP contribution is -2.59. The molecule has 4 rings (SSSR count). The van der Waals surface area contributed by atoms with Crippen molar-refractivity contribution in [2.24, 2.45) is 51.8 Å². The van der Waals surface area contributed by atoms with Crippen LogP contribution in [-0.2, 0) is 9.59 Å². The smallest absolute Gasteiger partial charge is 0.233 e. The van der Waals surface area contributed by atoms with E-state index >= 15 is 0 Å². The van der Waals surface area contributed by atoms with Crippen molar-refractivity contribution in [1.29, 1.82) is 0 Å². The molecule has 1 aliphatic heterocycles. The maximum absolute atomic E-state index is 13.2. The van der Waals surface area contributed by atoms with Crippen molar-refractivity contribution in [3.8, 4) is 0 Å². The number of carbonyl (C=O) groups excluding carboxylic acids is 2. The van der Waals surface area contributed by atoms with Gasteiger partial charge in [0.25, 0.3) is 0 Å². The molecule has 32 heavy (non-hydrogen) atoms. The van der Waals surface area contributed by atoms with Gasteiger partial charge in [0, 0.05) is 10.8 Å². The molecule has 0 unspecified atom stereocenters. The molecule has 0 aromatic rings. The number of hydrogen-bond acceptors (Lipinski definition) is 2. The monoisotopic (exact) mass is 555 g/mol. The molecule has 3 saturated carbocycles. The highest BCUT2D eigenvalue weighted by atomic mass is 127. The summed E-state index contributed by atoms with van der Waals surface area (Å²) in [7, 11) is 0. The van der Waals surface area contributed by atoms with Crippen LogP contribution in [0.4, 0.5) is 0 Å². The maximum atomic E-state index is 13.2. The van der Waals surface area contributed by atoms with Gasteiger partial charge < -0.3 is 0 Å². The first-order valence-electron chi connectivity index (χ1n) is 13.5. The van der Waals surface area contributed by atoms with Crippen molar-refractivity contribution in [2.45, 2.75) is 105 Å². The SMILES string of the molecule is CC(C)CCC[C@@H](C)[C@H]1CC[C@H]2[C@@H]3CC[C@@]4(CC(=O)NC4=O)[C@](C)(CCI)[C@H]3CC[C@]12C. The van der Waals surface area contributed by atoms with E-state index in [1.165, 1.54) is 44.9 Å². The number of amides is 2. The zero-order chi connectivity index (χ0) is 23.3. The quantitative estimate of drug-likeness (QED) is 0.206. The summed E-state index contributed by atoms with van der Waals surface area (Å²) in [5.74, 6) is 4.66. The molecule has 2 amide bonds. The minimum atomic E-state index is -0.452. The molecule has 4 heteroatoms. The minimum Gasteiger partial charge on any atom is -0.296 e. The third-order valence-corrected chi connectivity index (χ3v) is 11.8. The lowest BCUT2D eigenvalue weighted by Gasteiger charge is -2.62. The van der Waals surface area contributed by atoms with E-state index in [0.29, 0.717) is 17.8 Å². The second-order valence-electron chi connectivity index (χ2n) is 12.9. The van der Waals surface area contributed by atoms with E-state index in [1.807, 2.05) is 0 Å². The van der Waals surface area contributed by atoms with E-state index in [2.05, 4.69) is 62.5 Å². The number of carbonyl (C=O) groups is 2. The number of halogens is 1. The highest BCUT2D eigenvalue weighted by Crippen LogP contribution is 2.70. The highest BCUT2D eigenvalue weighted by molar-refractivity contribution is 14.1. The van der Waals surface area contributed by atoms with Crippen LogP contribution in [0.1, 0.15) is 105 Å². The largest absolute Gasteiger partial charge is 0.296 e. The van der Waals surface area contributed by atoms with Crippen molar-refractivity contribution in [3.63, 3.8) is 0 Å². The van der Waals surface area contributed by atoms with Crippen molar-refractivity contribution in [3.05, 3.63) is 0 Å². The van der Waals surface area contributed by atoms with Crippen molar-refractivity contribution in [1.82, 2.24) is 5.32 Å². The van der Waals surface area contributed by atoms with Gasteiger partial charge in [-0.3, -0.25) is 14.9 Å². The summed E-state index contributed by atoms with van der Waals surface area (Å²) in [6.45, 7) is 12.3. The summed E-state index contributed by atoms with van der Waals surface area (Å²) in [5.41, 5.74) is -0.0239. The molecule has 1 heterocycles. The first kappa shape index (κ1) is 25.0. The van der Waals surface area contributed by atoms with Gasteiger partial charge in [0.05, 0.1) is 5.41 Å². The van der Waals surface area contributed by atoms with E-state index in [0.717, 1.165) is 53.3 Å². The average Bonchev–Trinajstić information content (AvgIpc) is 3.21. The van der Waals surface area contributed by atoms with E-state index in [9.17, 15) is 9.59 Å². The molecule has 0 bridgehead atoms. The summed E-state index contributed by atoms with van der Waals surface area (Å²) in [6, 6.07) is 0. The molecule has 4 aliphatic rings. The van der Waals surface area contributed by atoms with Gasteiger partial charge in [-0.15, -0.1) is 0 Å². The van der Waals surface area contributed by atoms with E-state index in [-0.39, 0.29) is 17.2 Å². The van der Waals surface area contributed by atoms with Gasteiger partial charge in [0.15, 0.2) is 0 Å². The number of alkyl halides is 1. The van der Waals surface area contributed by atoms with E-state index in [4.69, 9.17) is 0 Å². The van der Waals surface area contributed by atoms with E-state index < -0.39 is 5.41 Å². The van der Waals surface area contributed by atoms with Gasteiger partial charge >= 0.3 is 0 Å². The van der Waals surface area contributed by atoms with Crippen molar-refractivity contribution in [2.75, 3.05) is 4.43 Å². The van der Waals surface area contributed by atoms with Crippen LogP contribution in [0.25, 0.3) is 0 Å². The molecule has 0 aromatic heterocycles. The summed E-state index contributed by atoms with van der Waals surface area (Å²) in [4.78, 5) is 25.5. The Bertz CT molecular complexity index is 737. The van der Waals surface area contributed by atoms with Crippen LogP contribution in [0, 0.1) is 51.8 Å². The topological polar surface area (TPSA) is 46.2 Å². The lowest BCUT2D eigenvalue weighted by atomic mass is 9.41. The van der Waals surface area contributed by atoms with E-state index in [1.54, 1.807) is 0 Å². The molecule has 0 radical (unpaired) electrons. The maximum Gasteiger partial charge on any atom is 0.233 e. The Morgan fingerprint density at radius 1 is 1.00 bits per heavy atom. The molecule has 1 spiro atoms. The number of hydrogen-bond donors (Lipinski definition) is 1. The van der Waals surface area contributed by atoms with Crippen LogP contribution in [0.3, 0.4) is 0 Å². The zero-order valence-corrected chi connectivity index (χ0v) is 23.3. The van der Waals surface area contributed by atoms with Crippen LogP contribution < -0.4 is 5.32 Å². The molecule has 182 valence electrons. The van der Waals surface area contributed by atoms with Gasteiger partial charge in [-0.25, -0.2) is 0 Å². The Hall–Kier alpha value is -0.130. The molecule has 0 aromatic carbocycles. The second kappa shape index (κ2) is 9.15. The molecule has 3 nitrogen and oxygen atoms in total. The Labute approximate surface area is 210 Å². The summed E-state index contributed by atoms with van der Waals surface area (Å²) in [5, 5.41) is 2.71. The molecule has 4 fully saturated rings. The Kier molecular flexibility index (Phi) is 7.14. The first-order valence-corrected chi connectivity index (χ1v) is 15.0. The predicted molar refractivity (Wildman–Crippen MR) is 139 cm³/mol. The van der Waals surface area contributed by atoms with Crippen LogP contribution in [0.5, 0.6) is 0 Å². The fourth-order valence-electron chi connectivity index (χ4n) is 9.49. The summed E-state index contributed by atoms with van der Waals surface area (Å²) >= 11 is 2.49. The van der Waals surface area contributed by atoms with Gasteiger partial charge in [-0.1, -0.05) is 76.5 Å². The highest BCUT2D eigenvalue weighted by Gasteiger charge is 2.67. The van der Waals surface area contributed by atoms with Gasteiger partial charge in [0.1, 0.15) is 0 Å². The lowest BCUT2D eigenvalue weighted by molar-refractivity contribution is -0.163. The van der Waals surface area contributed by atoms with Gasteiger partial charge in [-0.2, -0.15) is 0 Å². The Morgan fingerprint density at radius 3 is 2.38 bits per heavy atom. The number of rotatable bonds is 7. The molecular formula is C28H46INO2. The summed E-state index contributed by atoms with van der Waals surface area (Å²) in [6.07, 6.45) is 13.0. The number of imide groups is 1. The fraction of sp³-hybridized carbons (Fsp3) is 0.929. The standard InChI is InChI=1S/C28H46INO2/c1-18(2)7-6-8-19(3)21-9-10-22-20-11-14-28(17-24(31)30-25(28)32)27(5,15-16-29)23(20)12-13-26(21,22)4/h18-23H,6-17H2,1-5H3,(H,30,31,32)/t19-,20+,21-,22+,23+,26-,27-,28+/m1/s1. The molecule has 1 N–H and O–H groups in total. The van der Waals surface area contributed by atoms with Gasteiger partial charge in [-0.05, 0) is 91.3 Å². The fourth-order valence-corrected chi connectivity index (χ4v) is 10.6. The van der Waals surface area contributed by atoms with Crippen LogP contribution in [0.2, 0.25) is 0 Å². The average molecular weight is 556 g/mol.